The Labute approximate surface area is 238 Å². The molecule has 1 unspecified atom stereocenters. The number of hydrogen-bond donors (Lipinski definition) is 2. The molecule has 2 saturated heterocycles. The Bertz CT molecular complexity index is 1440. The lowest BCUT2D eigenvalue weighted by atomic mass is 9.75. The van der Waals surface area contributed by atoms with Gasteiger partial charge in [-0.3, -0.25) is 19.3 Å². The predicted octanol–water partition coefficient (Wildman–Crippen LogP) is 3.84. The molecule has 3 fully saturated rings. The van der Waals surface area contributed by atoms with E-state index in [0.717, 1.165) is 23.6 Å². The highest BCUT2D eigenvalue weighted by atomic mass is 32.1. The summed E-state index contributed by atoms with van der Waals surface area (Å²) in [4.78, 5) is 45.9. The lowest BCUT2D eigenvalue weighted by Crippen LogP contribution is -2.55. The van der Waals surface area contributed by atoms with Crippen LogP contribution in [0, 0.1) is 17.1 Å². The summed E-state index contributed by atoms with van der Waals surface area (Å²) in [7, 11) is 0. The molecule has 2 aromatic rings. The summed E-state index contributed by atoms with van der Waals surface area (Å²) >= 11 is 4.55. The number of hydrogen-bond acceptors (Lipinski definition) is 7. The van der Waals surface area contributed by atoms with Crippen molar-refractivity contribution in [2.75, 3.05) is 29.4 Å². The molecule has 3 amide bonds. The standard InChI is InChI=1S/C27H26F4N6O3S/c28-20-13-16(5-6-18(20)23(39)33-9-3-11-35-10-1-4-22(35)38)37-25(41)36(24(40)26(37)7-2-8-26)17-12-19(27(29,30)31)21(14-32)34-15-17/h5-6,12-13,15,25,41H,1-4,7-11H2,(H,33,39). The smallest absolute Gasteiger partial charge is 0.352 e. The fourth-order valence-corrected chi connectivity index (χ4v) is 6.19. The highest BCUT2D eigenvalue weighted by molar-refractivity contribution is 7.81. The van der Waals surface area contributed by atoms with Crippen molar-refractivity contribution in [3.8, 4) is 6.07 Å². The Balaban J connectivity index is 1.35. The second kappa shape index (κ2) is 10.8. The van der Waals surface area contributed by atoms with Crippen LogP contribution in [0.1, 0.15) is 60.1 Å². The van der Waals surface area contributed by atoms with E-state index in [0.29, 0.717) is 51.3 Å². The summed E-state index contributed by atoms with van der Waals surface area (Å²) in [6.45, 7) is 1.45. The number of anilines is 2. The van der Waals surface area contributed by atoms with Crippen LogP contribution in [0.4, 0.5) is 28.9 Å². The van der Waals surface area contributed by atoms with Crippen molar-refractivity contribution in [3.63, 3.8) is 0 Å². The Morgan fingerprint density at radius 3 is 2.54 bits per heavy atom. The molecule has 1 aliphatic carbocycles. The summed E-state index contributed by atoms with van der Waals surface area (Å²) in [6.07, 6.45) is -0.583. The molecule has 1 aromatic carbocycles. The average Bonchev–Trinajstić information content (AvgIpc) is 3.42. The molecule has 1 saturated carbocycles. The number of carbonyl (C=O) groups is 3. The zero-order valence-electron chi connectivity index (χ0n) is 21.7. The number of nitrogens with one attached hydrogen (secondary N) is 1. The number of likely N-dealkylation sites (tertiary alicyclic amines) is 1. The van der Waals surface area contributed by atoms with Crippen molar-refractivity contribution in [1.29, 1.82) is 5.26 Å². The molecule has 3 aliphatic rings. The van der Waals surface area contributed by atoms with Gasteiger partial charge in [0.05, 0.1) is 23.0 Å². The summed E-state index contributed by atoms with van der Waals surface area (Å²) < 4.78 is 56.0. The summed E-state index contributed by atoms with van der Waals surface area (Å²) in [5.41, 5.74) is -4.52. The number of nitrogens with zero attached hydrogens (tertiary/aromatic N) is 5. The van der Waals surface area contributed by atoms with E-state index in [-0.39, 0.29) is 29.4 Å². The van der Waals surface area contributed by atoms with Gasteiger partial charge in [0.25, 0.3) is 11.8 Å². The molecule has 1 aromatic heterocycles. The van der Waals surface area contributed by atoms with Crippen molar-refractivity contribution in [2.24, 2.45) is 0 Å². The zero-order valence-corrected chi connectivity index (χ0v) is 22.6. The number of benzene rings is 1. The molecule has 5 rings (SSSR count). The van der Waals surface area contributed by atoms with E-state index in [1.165, 1.54) is 18.2 Å². The molecular weight excluding hydrogens is 564 g/mol. The van der Waals surface area contributed by atoms with Gasteiger partial charge in [-0.25, -0.2) is 9.37 Å². The van der Waals surface area contributed by atoms with E-state index in [4.69, 9.17) is 5.26 Å². The molecule has 0 bridgehead atoms. The number of amides is 3. The third kappa shape index (κ3) is 5.07. The normalized spacial score (nSPS) is 20.0. The molecule has 1 atom stereocenters. The van der Waals surface area contributed by atoms with Crippen LogP contribution in [0.2, 0.25) is 0 Å². The van der Waals surface area contributed by atoms with Crippen molar-refractivity contribution < 1.29 is 31.9 Å². The monoisotopic (exact) mass is 590 g/mol. The maximum atomic E-state index is 15.2. The maximum absolute atomic E-state index is 15.2. The molecular formula is C27H26F4N6O3S. The largest absolute Gasteiger partial charge is 0.419 e. The van der Waals surface area contributed by atoms with Gasteiger partial charge in [0, 0.05) is 31.7 Å². The molecule has 41 heavy (non-hydrogen) atoms. The van der Waals surface area contributed by atoms with Crippen LogP contribution >= 0.6 is 12.6 Å². The first kappa shape index (κ1) is 28.7. The molecule has 2 aliphatic heterocycles. The van der Waals surface area contributed by atoms with Gasteiger partial charge in [-0.15, -0.1) is 12.6 Å². The first-order valence-corrected chi connectivity index (χ1v) is 13.6. The Morgan fingerprint density at radius 2 is 1.95 bits per heavy atom. The van der Waals surface area contributed by atoms with Gasteiger partial charge in [-0.1, -0.05) is 0 Å². The number of thiol groups is 1. The number of aromatic nitrogens is 1. The highest BCUT2D eigenvalue weighted by Crippen LogP contribution is 2.50. The van der Waals surface area contributed by atoms with Gasteiger partial charge in [0.2, 0.25) is 5.91 Å². The van der Waals surface area contributed by atoms with Crippen LogP contribution in [0.5, 0.6) is 0 Å². The van der Waals surface area contributed by atoms with E-state index in [1.807, 2.05) is 0 Å². The van der Waals surface area contributed by atoms with Crippen molar-refractivity contribution >= 4 is 41.7 Å². The number of pyridine rings is 1. The summed E-state index contributed by atoms with van der Waals surface area (Å²) in [5.74, 6) is -1.90. The predicted molar refractivity (Wildman–Crippen MR) is 142 cm³/mol. The van der Waals surface area contributed by atoms with E-state index in [1.54, 1.807) is 9.80 Å². The summed E-state index contributed by atoms with van der Waals surface area (Å²) in [6, 6.07) is 5.97. The van der Waals surface area contributed by atoms with Crippen LogP contribution in [0.15, 0.2) is 30.5 Å². The molecule has 1 spiro atoms. The van der Waals surface area contributed by atoms with Gasteiger partial charge < -0.3 is 15.1 Å². The first-order chi connectivity index (χ1) is 19.5. The van der Waals surface area contributed by atoms with Crippen LogP contribution in [0.25, 0.3) is 0 Å². The van der Waals surface area contributed by atoms with Gasteiger partial charge in [0.15, 0.2) is 11.2 Å². The minimum Gasteiger partial charge on any atom is -0.352 e. The van der Waals surface area contributed by atoms with Gasteiger partial charge >= 0.3 is 6.18 Å². The fraction of sp³-hybridized carbons (Fsp3) is 0.444. The van der Waals surface area contributed by atoms with Gasteiger partial charge in [-0.05, 0) is 56.4 Å². The van der Waals surface area contributed by atoms with E-state index < -0.39 is 46.1 Å². The van der Waals surface area contributed by atoms with Crippen LogP contribution in [-0.4, -0.2) is 58.3 Å². The number of carbonyl (C=O) groups excluding carboxylic acids is 3. The lowest BCUT2D eigenvalue weighted by Gasteiger charge is -2.44. The van der Waals surface area contributed by atoms with Crippen molar-refractivity contribution in [1.82, 2.24) is 15.2 Å². The molecule has 3 heterocycles. The van der Waals surface area contributed by atoms with Crippen molar-refractivity contribution in [2.45, 2.75) is 55.7 Å². The second-order valence-corrected chi connectivity index (χ2v) is 10.7. The molecule has 216 valence electrons. The zero-order chi connectivity index (χ0) is 29.5. The van der Waals surface area contributed by atoms with Crippen LogP contribution in [-0.2, 0) is 15.8 Å². The SMILES string of the molecule is N#Cc1ncc(N2C(=O)C3(CCC3)N(c3ccc(C(=O)NCCCN4CCCC4=O)c(F)c3)C2S)cc1C(F)(F)F. The van der Waals surface area contributed by atoms with E-state index in [9.17, 15) is 27.6 Å². The Hall–Kier alpha value is -3.86. The summed E-state index contributed by atoms with van der Waals surface area (Å²) in [5, 5.41) is 11.7. The first-order valence-electron chi connectivity index (χ1n) is 13.1. The van der Waals surface area contributed by atoms with Gasteiger partial charge in [0.1, 0.15) is 17.4 Å². The number of nitriles is 1. The number of alkyl halides is 3. The third-order valence-corrected chi connectivity index (χ3v) is 8.28. The fourth-order valence-electron chi connectivity index (χ4n) is 5.60. The van der Waals surface area contributed by atoms with Crippen molar-refractivity contribution in [3.05, 3.63) is 53.1 Å². The number of halogens is 4. The highest BCUT2D eigenvalue weighted by Gasteiger charge is 2.60. The quantitative estimate of drug-likeness (QED) is 0.288. The van der Waals surface area contributed by atoms with Gasteiger partial charge in [-0.2, -0.15) is 18.4 Å². The number of rotatable bonds is 7. The Kier molecular flexibility index (Phi) is 7.58. The minimum absolute atomic E-state index is 0.0832. The lowest BCUT2D eigenvalue weighted by molar-refractivity contribution is -0.138. The van der Waals surface area contributed by atoms with Crippen LogP contribution in [0.3, 0.4) is 0 Å². The molecule has 9 nitrogen and oxygen atoms in total. The molecule has 0 radical (unpaired) electrons. The molecule has 1 N–H and O–H groups in total. The van der Waals surface area contributed by atoms with E-state index in [2.05, 4.69) is 22.9 Å². The molecule has 14 heteroatoms. The minimum atomic E-state index is -4.87. The third-order valence-electron chi connectivity index (χ3n) is 7.82. The Morgan fingerprint density at radius 1 is 1.20 bits per heavy atom. The maximum Gasteiger partial charge on any atom is 0.419 e. The average molecular weight is 591 g/mol. The van der Waals surface area contributed by atoms with E-state index >= 15 is 4.39 Å². The topological polar surface area (TPSA) is 110 Å². The van der Waals surface area contributed by atoms with Crippen LogP contribution < -0.4 is 15.1 Å². The second-order valence-electron chi connectivity index (χ2n) is 10.2.